The van der Waals surface area contributed by atoms with Crippen LogP contribution in [-0.2, 0) is 10.0 Å². The van der Waals surface area contributed by atoms with Gasteiger partial charge in [-0.2, -0.15) is 0 Å². The van der Waals surface area contributed by atoms with Crippen molar-refractivity contribution >= 4 is 21.6 Å². The van der Waals surface area contributed by atoms with Gasteiger partial charge < -0.3 is 10.3 Å². The molecule has 1 aromatic carbocycles. The van der Waals surface area contributed by atoms with E-state index in [0.717, 1.165) is 6.07 Å². The number of sulfonamides is 1. The molecule has 3 N–H and O–H groups in total. The van der Waals surface area contributed by atoms with Gasteiger partial charge in [0.05, 0.1) is 11.4 Å². The van der Waals surface area contributed by atoms with E-state index >= 15 is 0 Å². The van der Waals surface area contributed by atoms with E-state index in [9.17, 15) is 12.8 Å². The Labute approximate surface area is 103 Å². The number of nitrogens with two attached hydrogens (primary N) is 1. The highest BCUT2D eigenvalue weighted by atomic mass is 32.2. The van der Waals surface area contributed by atoms with Gasteiger partial charge in [0.15, 0.2) is 0 Å². The molecule has 0 atom stereocenters. The fourth-order valence-electron chi connectivity index (χ4n) is 1.35. The second kappa shape index (κ2) is 4.30. The Bertz CT molecular complexity index is 681. The molecule has 0 fully saturated rings. The maximum atomic E-state index is 13.2. The summed E-state index contributed by atoms with van der Waals surface area (Å²) in [4.78, 5) is -0.350. The number of rotatable bonds is 3. The molecule has 18 heavy (non-hydrogen) atoms. The summed E-state index contributed by atoms with van der Waals surface area (Å²) in [7, 11) is -4.00. The molecule has 2 aromatic rings. The maximum Gasteiger partial charge on any atom is 0.266 e. The predicted octanol–water partition coefficient (Wildman–Crippen LogP) is 1.51. The third kappa shape index (κ3) is 2.28. The molecule has 0 saturated carbocycles. The predicted molar refractivity (Wildman–Crippen MR) is 62.9 cm³/mol. The smallest absolute Gasteiger partial charge is 0.266 e. The van der Waals surface area contributed by atoms with Crippen molar-refractivity contribution in [3.8, 4) is 0 Å². The Kier molecular flexibility index (Phi) is 2.95. The SMILES string of the molecule is Cc1cc(NS(=O)(=O)c2cccc(F)c2N)on1. The Morgan fingerprint density at radius 1 is 1.44 bits per heavy atom. The van der Waals surface area contributed by atoms with Gasteiger partial charge in [-0.15, -0.1) is 0 Å². The number of anilines is 2. The van der Waals surface area contributed by atoms with Gasteiger partial charge in [-0.05, 0) is 19.1 Å². The van der Waals surface area contributed by atoms with Crippen molar-refractivity contribution < 1.29 is 17.3 Å². The van der Waals surface area contributed by atoms with Crippen molar-refractivity contribution in [2.24, 2.45) is 0 Å². The molecular formula is C10H10FN3O3S. The highest BCUT2D eigenvalue weighted by Gasteiger charge is 2.21. The molecule has 6 nitrogen and oxygen atoms in total. The third-order valence-corrected chi connectivity index (χ3v) is 3.57. The van der Waals surface area contributed by atoms with E-state index < -0.39 is 21.5 Å². The van der Waals surface area contributed by atoms with Gasteiger partial charge in [-0.3, -0.25) is 0 Å². The van der Waals surface area contributed by atoms with Crippen LogP contribution in [0.1, 0.15) is 5.69 Å². The normalized spacial score (nSPS) is 11.4. The van der Waals surface area contributed by atoms with E-state index in [1.807, 2.05) is 0 Å². The Hall–Kier alpha value is -2.09. The second-order valence-corrected chi connectivity index (χ2v) is 5.24. The molecule has 0 aliphatic heterocycles. The Balaban J connectivity index is 2.40. The lowest BCUT2D eigenvalue weighted by atomic mass is 10.3. The summed E-state index contributed by atoms with van der Waals surface area (Å²) in [5.74, 6) is -0.859. The molecule has 0 radical (unpaired) electrons. The molecule has 0 aliphatic carbocycles. The minimum atomic E-state index is -4.00. The minimum Gasteiger partial charge on any atom is -0.395 e. The molecule has 8 heteroatoms. The number of nitrogen functional groups attached to an aromatic ring is 1. The van der Waals surface area contributed by atoms with Crippen LogP contribution in [0.15, 0.2) is 33.7 Å². The summed E-state index contributed by atoms with van der Waals surface area (Å²) in [5.41, 5.74) is 5.46. The van der Waals surface area contributed by atoms with E-state index in [1.165, 1.54) is 18.2 Å². The lowest BCUT2D eigenvalue weighted by Gasteiger charge is -2.07. The van der Waals surface area contributed by atoms with Crippen molar-refractivity contribution in [3.05, 3.63) is 35.8 Å². The molecular weight excluding hydrogens is 261 g/mol. The first-order valence-electron chi connectivity index (χ1n) is 4.90. The number of nitrogens with zero attached hydrogens (tertiary/aromatic N) is 1. The molecule has 1 heterocycles. The Morgan fingerprint density at radius 2 is 2.17 bits per heavy atom. The topological polar surface area (TPSA) is 98.2 Å². The van der Waals surface area contributed by atoms with Crippen LogP contribution in [0.4, 0.5) is 16.0 Å². The number of benzene rings is 1. The van der Waals surface area contributed by atoms with Crippen molar-refractivity contribution in [3.63, 3.8) is 0 Å². The van der Waals surface area contributed by atoms with Gasteiger partial charge in [0.1, 0.15) is 10.7 Å². The second-order valence-electron chi connectivity index (χ2n) is 3.59. The average molecular weight is 271 g/mol. The molecule has 0 saturated heterocycles. The van der Waals surface area contributed by atoms with Crippen molar-refractivity contribution in [1.29, 1.82) is 0 Å². The number of nitrogens with one attached hydrogen (secondary N) is 1. The monoisotopic (exact) mass is 271 g/mol. The maximum absolute atomic E-state index is 13.2. The summed E-state index contributed by atoms with van der Waals surface area (Å²) in [5, 5.41) is 3.53. The lowest BCUT2D eigenvalue weighted by Crippen LogP contribution is -2.15. The lowest BCUT2D eigenvalue weighted by molar-refractivity contribution is 0.430. The summed E-state index contributed by atoms with van der Waals surface area (Å²) >= 11 is 0. The van der Waals surface area contributed by atoms with Gasteiger partial charge in [-0.25, -0.2) is 17.5 Å². The van der Waals surface area contributed by atoms with Gasteiger partial charge >= 0.3 is 0 Å². The first kappa shape index (κ1) is 12.4. The van der Waals surface area contributed by atoms with E-state index in [2.05, 4.69) is 9.88 Å². The quantitative estimate of drug-likeness (QED) is 0.824. The molecule has 1 aromatic heterocycles. The first-order valence-corrected chi connectivity index (χ1v) is 6.38. The van der Waals surface area contributed by atoms with Crippen LogP contribution >= 0.6 is 0 Å². The fraction of sp³-hybridized carbons (Fsp3) is 0.100. The summed E-state index contributed by atoms with van der Waals surface area (Å²) in [6.07, 6.45) is 0. The molecule has 0 bridgehead atoms. The van der Waals surface area contributed by atoms with Gasteiger partial charge in [0.2, 0.25) is 5.88 Å². The number of hydrogen-bond acceptors (Lipinski definition) is 5. The average Bonchev–Trinajstić information content (AvgIpc) is 2.67. The molecule has 2 rings (SSSR count). The van der Waals surface area contributed by atoms with Crippen LogP contribution in [-0.4, -0.2) is 13.6 Å². The zero-order chi connectivity index (χ0) is 13.3. The molecule has 0 spiro atoms. The van der Waals surface area contributed by atoms with E-state index in [-0.39, 0.29) is 10.8 Å². The number of aryl methyl sites for hydroxylation is 1. The highest BCUT2D eigenvalue weighted by Crippen LogP contribution is 2.23. The van der Waals surface area contributed by atoms with Gasteiger partial charge in [-0.1, -0.05) is 11.2 Å². The summed E-state index contributed by atoms with van der Waals surface area (Å²) in [6.45, 7) is 1.64. The van der Waals surface area contributed by atoms with Crippen LogP contribution in [0.2, 0.25) is 0 Å². The number of hydrogen-bond donors (Lipinski definition) is 2. The van der Waals surface area contributed by atoms with Crippen molar-refractivity contribution in [1.82, 2.24) is 5.16 Å². The van der Waals surface area contributed by atoms with Crippen LogP contribution < -0.4 is 10.5 Å². The summed E-state index contributed by atoms with van der Waals surface area (Å²) in [6, 6.07) is 4.93. The Morgan fingerprint density at radius 3 is 2.78 bits per heavy atom. The molecule has 96 valence electrons. The zero-order valence-corrected chi connectivity index (χ0v) is 10.2. The molecule has 0 unspecified atom stereocenters. The van der Waals surface area contributed by atoms with E-state index in [0.29, 0.717) is 5.69 Å². The largest absolute Gasteiger partial charge is 0.395 e. The van der Waals surface area contributed by atoms with Crippen molar-refractivity contribution in [2.45, 2.75) is 11.8 Å². The van der Waals surface area contributed by atoms with Crippen LogP contribution in [0.3, 0.4) is 0 Å². The zero-order valence-electron chi connectivity index (χ0n) is 9.34. The fourth-order valence-corrected chi connectivity index (χ4v) is 2.47. The standard InChI is InChI=1S/C10H10FN3O3S/c1-6-5-9(17-13-6)14-18(15,16)8-4-2-3-7(11)10(8)12/h2-5,14H,12H2,1H3. The number of halogens is 1. The third-order valence-electron chi connectivity index (χ3n) is 2.17. The van der Waals surface area contributed by atoms with Crippen LogP contribution in [0.5, 0.6) is 0 Å². The van der Waals surface area contributed by atoms with Crippen LogP contribution in [0, 0.1) is 12.7 Å². The van der Waals surface area contributed by atoms with Crippen molar-refractivity contribution in [2.75, 3.05) is 10.5 Å². The van der Waals surface area contributed by atoms with Gasteiger partial charge in [0, 0.05) is 6.07 Å². The molecule has 0 aliphatic rings. The number of para-hydroxylation sites is 1. The number of aromatic nitrogens is 1. The van der Waals surface area contributed by atoms with E-state index in [4.69, 9.17) is 10.3 Å². The summed E-state index contributed by atoms with van der Waals surface area (Å²) < 4.78 is 43.9. The molecule has 0 amide bonds. The van der Waals surface area contributed by atoms with E-state index in [1.54, 1.807) is 6.92 Å². The van der Waals surface area contributed by atoms with Crippen LogP contribution in [0.25, 0.3) is 0 Å². The van der Waals surface area contributed by atoms with Gasteiger partial charge in [0.25, 0.3) is 10.0 Å². The highest BCUT2D eigenvalue weighted by molar-refractivity contribution is 7.92. The first-order chi connectivity index (χ1) is 8.40. The minimum absolute atomic E-state index is 0.0591.